The van der Waals surface area contributed by atoms with Crippen molar-refractivity contribution in [1.29, 1.82) is 0 Å². The molecule has 6 rings (SSSR count). The van der Waals surface area contributed by atoms with Crippen molar-refractivity contribution in [3.63, 3.8) is 0 Å². The van der Waals surface area contributed by atoms with E-state index in [0.29, 0.717) is 6.07 Å². The molecule has 1 atom stereocenters. The summed E-state index contributed by atoms with van der Waals surface area (Å²) in [4.78, 5) is 34.4. The first kappa shape index (κ1) is 37.7. The summed E-state index contributed by atoms with van der Waals surface area (Å²) in [5, 5.41) is 16.2. The molecule has 0 unspecified atom stereocenters. The average Bonchev–Trinajstić information content (AvgIpc) is 3.76. The number of fused-ring (bicyclic) bond motifs is 1. The second-order valence-corrected chi connectivity index (χ2v) is 12.2. The van der Waals surface area contributed by atoms with Crippen molar-refractivity contribution in [3.8, 4) is 11.1 Å². The van der Waals surface area contributed by atoms with E-state index in [1.165, 1.54) is 23.1 Å². The molecule has 0 saturated heterocycles. The Balaban J connectivity index is 1.43. The molecule has 54 heavy (non-hydrogen) atoms. The van der Waals surface area contributed by atoms with Gasteiger partial charge < -0.3 is 16.4 Å². The van der Waals surface area contributed by atoms with Crippen LogP contribution in [0.1, 0.15) is 63.9 Å². The van der Waals surface area contributed by atoms with Crippen LogP contribution >= 0.6 is 0 Å². The Hall–Kier alpha value is -6.02. The van der Waals surface area contributed by atoms with Crippen LogP contribution in [0.25, 0.3) is 11.1 Å². The highest BCUT2D eigenvalue weighted by molar-refractivity contribution is 5.94. The number of aromatic nitrogens is 7. The summed E-state index contributed by atoms with van der Waals surface area (Å²) in [6.45, 7) is -0.853. The molecule has 2 amide bonds. The fourth-order valence-corrected chi connectivity index (χ4v) is 6.08. The predicted molar refractivity (Wildman–Crippen MR) is 170 cm³/mol. The summed E-state index contributed by atoms with van der Waals surface area (Å²) in [7, 11) is 0. The highest BCUT2D eigenvalue weighted by Crippen LogP contribution is 2.52. The van der Waals surface area contributed by atoms with Crippen LogP contribution in [0.4, 0.5) is 45.5 Å². The molecule has 1 aliphatic carbocycles. The van der Waals surface area contributed by atoms with Gasteiger partial charge in [0, 0.05) is 43.4 Å². The van der Waals surface area contributed by atoms with E-state index in [1.54, 1.807) is 6.20 Å². The number of nitrogens with zero attached hydrogens (tertiary/aromatic N) is 7. The zero-order valence-corrected chi connectivity index (χ0v) is 27.5. The lowest BCUT2D eigenvalue weighted by molar-refractivity contribution is -0.123. The van der Waals surface area contributed by atoms with E-state index in [0.717, 1.165) is 24.3 Å². The summed E-state index contributed by atoms with van der Waals surface area (Å²) in [5.74, 6) is -13.6. The lowest BCUT2D eigenvalue weighted by Gasteiger charge is -2.29. The minimum absolute atomic E-state index is 0.0177. The second kappa shape index (κ2) is 14.8. The van der Waals surface area contributed by atoms with Crippen molar-refractivity contribution in [2.75, 3.05) is 11.9 Å². The molecule has 0 bridgehead atoms. The number of amides is 2. The van der Waals surface area contributed by atoms with E-state index in [4.69, 9.17) is 5.73 Å². The average molecular weight is 767 g/mol. The predicted octanol–water partition coefficient (Wildman–Crippen LogP) is 5.58. The zero-order valence-electron chi connectivity index (χ0n) is 27.5. The summed E-state index contributed by atoms with van der Waals surface area (Å²) < 4.78 is 132. The highest BCUT2D eigenvalue weighted by Gasteiger charge is 2.55. The van der Waals surface area contributed by atoms with Crippen molar-refractivity contribution in [3.05, 3.63) is 106 Å². The molecule has 3 heterocycles. The molecular formula is C33H27F9N10O2. The van der Waals surface area contributed by atoms with E-state index >= 15 is 8.78 Å². The Morgan fingerprint density at radius 3 is 2.35 bits per heavy atom. The molecule has 0 spiro atoms. The summed E-state index contributed by atoms with van der Waals surface area (Å²) in [6, 6.07) is 4.13. The number of carbonyl (C=O) groups is 2. The number of primary amides is 1. The van der Waals surface area contributed by atoms with E-state index in [9.17, 15) is 40.3 Å². The monoisotopic (exact) mass is 766 g/mol. The first-order valence-corrected chi connectivity index (χ1v) is 16.0. The third kappa shape index (κ3) is 7.98. The number of anilines is 1. The number of halogens is 9. The maximum atomic E-state index is 15.1. The van der Waals surface area contributed by atoms with Gasteiger partial charge in [0.05, 0.1) is 35.6 Å². The van der Waals surface area contributed by atoms with Crippen molar-refractivity contribution < 1.29 is 49.1 Å². The number of benzene rings is 2. The van der Waals surface area contributed by atoms with Crippen LogP contribution in [-0.4, -0.2) is 53.1 Å². The molecule has 3 aromatic heterocycles. The highest BCUT2D eigenvalue weighted by atomic mass is 19.3. The third-order valence-corrected chi connectivity index (χ3v) is 8.43. The summed E-state index contributed by atoms with van der Waals surface area (Å²) in [6.07, 6.45) is -2.80. The SMILES string of the molecule is NC(=O)c1cc(-c2cnc(NCCn3ccnn3)nc2[C@H](Cc2cc(F)cc(F)c2)NC(=O)Cn2nc(C(F)F)c3c2C(F)(F)CCC3(F)F)ccc1F. The van der Waals surface area contributed by atoms with Gasteiger partial charge in [0.1, 0.15) is 35.4 Å². The Morgan fingerprint density at radius 1 is 0.963 bits per heavy atom. The van der Waals surface area contributed by atoms with E-state index in [2.05, 4.69) is 36.0 Å². The van der Waals surface area contributed by atoms with Gasteiger partial charge in [0.25, 0.3) is 24.2 Å². The largest absolute Gasteiger partial charge is 0.366 e. The van der Waals surface area contributed by atoms with Crippen LogP contribution in [0.2, 0.25) is 0 Å². The number of alkyl halides is 6. The number of nitrogens with two attached hydrogens (primary N) is 1. The minimum Gasteiger partial charge on any atom is -0.366 e. The van der Waals surface area contributed by atoms with Gasteiger partial charge in [-0.25, -0.2) is 40.7 Å². The smallest absolute Gasteiger partial charge is 0.290 e. The fraction of sp³-hybridized carbons (Fsp3) is 0.303. The Kier molecular flexibility index (Phi) is 10.3. The van der Waals surface area contributed by atoms with Gasteiger partial charge in [-0.3, -0.25) is 19.0 Å². The van der Waals surface area contributed by atoms with Gasteiger partial charge in [-0.15, -0.1) is 5.10 Å². The molecule has 1 aliphatic rings. The fourth-order valence-electron chi connectivity index (χ4n) is 6.08. The topological polar surface area (TPSA) is 159 Å². The first-order valence-electron chi connectivity index (χ1n) is 16.0. The molecule has 21 heteroatoms. The van der Waals surface area contributed by atoms with Crippen LogP contribution in [0.5, 0.6) is 0 Å². The van der Waals surface area contributed by atoms with Crippen molar-refractivity contribution >= 4 is 17.8 Å². The van der Waals surface area contributed by atoms with Crippen LogP contribution in [-0.2, 0) is 36.1 Å². The number of hydrogen-bond donors (Lipinski definition) is 3. The molecule has 5 aromatic rings. The maximum Gasteiger partial charge on any atom is 0.290 e. The van der Waals surface area contributed by atoms with Crippen molar-refractivity contribution in [2.45, 2.75) is 56.7 Å². The molecule has 2 aromatic carbocycles. The quantitative estimate of drug-likeness (QED) is 0.131. The van der Waals surface area contributed by atoms with E-state index < -0.39 is 102 Å². The molecule has 0 radical (unpaired) electrons. The number of rotatable bonds is 13. The van der Waals surface area contributed by atoms with Gasteiger partial charge in [-0.05, 0) is 41.8 Å². The Bertz CT molecular complexity index is 2170. The molecule has 284 valence electrons. The standard InChI is InChI=1S/C33H27F9N10O2/c34-18-9-16(10-19(35)13-18)11-23(47-24(53)15-52-28-25(27(49-52)29(37)38)32(39,40)3-4-33(28,41)42)26-21(17-1-2-22(36)20(12-17)30(43)54)14-45-31(48-26)44-5-7-51-8-6-46-50-51/h1-2,6,8-10,12-14,23,29H,3-5,7,11,15H2,(H2,43,54)(H,47,53)(H,44,45,48)/t23-/m0/s1. The summed E-state index contributed by atoms with van der Waals surface area (Å²) in [5.41, 5.74) is -0.164. The molecular weight excluding hydrogens is 739 g/mol. The molecule has 4 N–H and O–H groups in total. The van der Waals surface area contributed by atoms with Crippen molar-refractivity contribution in [1.82, 2.24) is 40.1 Å². The first-order chi connectivity index (χ1) is 25.5. The molecule has 12 nitrogen and oxygen atoms in total. The number of hydrogen-bond acceptors (Lipinski definition) is 8. The van der Waals surface area contributed by atoms with Crippen LogP contribution in [0.15, 0.2) is 55.0 Å². The lowest BCUT2D eigenvalue weighted by Crippen LogP contribution is -2.37. The normalized spacial score (nSPS) is 15.1. The zero-order chi connectivity index (χ0) is 38.9. The summed E-state index contributed by atoms with van der Waals surface area (Å²) >= 11 is 0. The lowest BCUT2D eigenvalue weighted by atomic mass is 9.89. The van der Waals surface area contributed by atoms with Crippen LogP contribution in [0, 0.1) is 17.5 Å². The third-order valence-electron chi connectivity index (χ3n) is 8.43. The molecule has 0 aliphatic heterocycles. The van der Waals surface area contributed by atoms with Gasteiger partial charge in [-0.2, -0.15) is 13.9 Å². The van der Waals surface area contributed by atoms with Crippen LogP contribution in [0.3, 0.4) is 0 Å². The van der Waals surface area contributed by atoms with Crippen LogP contribution < -0.4 is 16.4 Å². The Morgan fingerprint density at radius 2 is 1.69 bits per heavy atom. The van der Waals surface area contributed by atoms with E-state index in [-0.39, 0.29) is 46.1 Å². The number of nitrogens with one attached hydrogen (secondary N) is 2. The Labute approximate surface area is 298 Å². The van der Waals surface area contributed by atoms with Gasteiger partial charge in [0.2, 0.25) is 11.9 Å². The number of carbonyl (C=O) groups excluding carboxylic acids is 2. The minimum atomic E-state index is -4.10. The van der Waals surface area contributed by atoms with Gasteiger partial charge in [-0.1, -0.05) is 11.3 Å². The van der Waals surface area contributed by atoms with Crippen molar-refractivity contribution in [2.24, 2.45) is 5.73 Å². The maximum absolute atomic E-state index is 15.1. The van der Waals surface area contributed by atoms with Gasteiger partial charge in [0.15, 0.2) is 0 Å². The molecule has 0 fully saturated rings. The van der Waals surface area contributed by atoms with Gasteiger partial charge >= 0.3 is 0 Å². The van der Waals surface area contributed by atoms with E-state index in [1.807, 2.05) is 0 Å². The second-order valence-electron chi connectivity index (χ2n) is 12.2. The molecule has 0 saturated carbocycles.